The zero-order valence-corrected chi connectivity index (χ0v) is 17.5. The smallest absolute Gasteiger partial charge is 0.303 e. The summed E-state index contributed by atoms with van der Waals surface area (Å²) in [6, 6.07) is 5.04. The number of carbonyl (C=O) groups is 1. The van der Waals surface area contributed by atoms with Crippen LogP contribution in [0.5, 0.6) is 28.7 Å². The van der Waals surface area contributed by atoms with E-state index in [1.54, 1.807) is 0 Å². The number of benzene rings is 2. The summed E-state index contributed by atoms with van der Waals surface area (Å²) < 4.78 is 21.5. The standard InChI is InChI=1S/C22H20O12/c1-8(23)32-21-15(29)7-31-22(20(21)30)34-17-5-12(26)11(25)4-10(17)16-6-14(28)19-13(27)2-9(24)3-18(19)33-16/h2-6,15,20-22,24-27,29-30H,7H2,1H3. The molecule has 4 unspecified atom stereocenters. The number of phenols is 4. The highest BCUT2D eigenvalue weighted by Crippen LogP contribution is 2.41. The van der Waals surface area contributed by atoms with Crippen LogP contribution in [0.3, 0.4) is 0 Å². The molecule has 6 N–H and O–H groups in total. The van der Waals surface area contributed by atoms with Gasteiger partial charge in [0.25, 0.3) is 0 Å². The molecule has 4 atom stereocenters. The Kier molecular flexibility index (Phi) is 5.96. The summed E-state index contributed by atoms with van der Waals surface area (Å²) in [4.78, 5) is 23.9. The molecule has 1 aromatic heterocycles. The number of esters is 1. The lowest BCUT2D eigenvalue weighted by molar-refractivity contribution is -0.248. The highest BCUT2D eigenvalue weighted by atomic mass is 16.7. The first-order valence-electron chi connectivity index (χ1n) is 9.93. The number of aliphatic hydroxyl groups excluding tert-OH is 2. The molecule has 1 saturated heterocycles. The lowest BCUT2D eigenvalue weighted by Crippen LogP contribution is -2.56. The lowest BCUT2D eigenvalue weighted by atomic mass is 10.0. The SMILES string of the molecule is CC(=O)OC1C(O)COC(Oc2cc(O)c(O)cc2-c2cc(=O)c3c(O)cc(O)cc3o2)C1O. The van der Waals surface area contributed by atoms with Gasteiger partial charge in [-0.1, -0.05) is 0 Å². The first-order chi connectivity index (χ1) is 16.0. The average molecular weight is 476 g/mol. The summed E-state index contributed by atoms with van der Waals surface area (Å²) in [6.45, 7) is 0.737. The number of carbonyl (C=O) groups excluding carboxylic acids is 1. The molecule has 180 valence electrons. The molecule has 0 amide bonds. The zero-order valence-electron chi connectivity index (χ0n) is 17.5. The molecule has 2 aromatic carbocycles. The Morgan fingerprint density at radius 3 is 2.41 bits per heavy atom. The van der Waals surface area contributed by atoms with E-state index in [0.717, 1.165) is 37.3 Å². The van der Waals surface area contributed by atoms with E-state index in [0.29, 0.717) is 0 Å². The van der Waals surface area contributed by atoms with Crippen molar-refractivity contribution in [3.63, 3.8) is 0 Å². The molecular weight excluding hydrogens is 456 g/mol. The van der Waals surface area contributed by atoms with Gasteiger partial charge < -0.3 is 49.3 Å². The van der Waals surface area contributed by atoms with Gasteiger partial charge in [-0.25, -0.2) is 0 Å². The molecule has 1 aliphatic heterocycles. The van der Waals surface area contributed by atoms with Crippen LogP contribution in [0.25, 0.3) is 22.3 Å². The van der Waals surface area contributed by atoms with Crippen LogP contribution >= 0.6 is 0 Å². The minimum Gasteiger partial charge on any atom is -0.508 e. The molecule has 4 rings (SSSR count). The number of aromatic hydroxyl groups is 4. The number of aliphatic hydroxyl groups is 2. The molecule has 3 aromatic rings. The molecule has 0 aliphatic carbocycles. The van der Waals surface area contributed by atoms with Gasteiger partial charge in [-0.2, -0.15) is 0 Å². The Morgan fingerprint density at radius 2 is 1.71 bits per heavy atom. The summed E-state index contributed by atoms with van der Waals surface area (Å²) in [5, 5.41) is 60.0. The topological polar surface area (TPSA) is 196 Å². The van der Waals surface area contributed by atoms with Gasteiger partial charge in [0.05, 0.1) is 12.2 Å². The number of hydrogen-bond acceptors (Lipinski definition) is 12. The van der Waals surface area contributed by atoms with Crippen molar-refractivity contribution in [1.29, 1.82) is 0 Å². The van der Waals surface area contributed by atoms with Crippen molar-refractivity contribution >= 4 is 16.9 Å². The highest BCUT2D eigenvalue weighted by Gasteiger charge is 2.42. The lowest BCUT2D eigenvalue weighted by Gasteiger charge is -2.37. The molecule has 0 bridgehead atoms. The highest BCUT2D eigenvalue weighted by molar-refractivity contribution is 5.86. The van der Waals surface area contributed by atoms with Crippen molar-refractivity contribution in [2.75, 3.05) is 6.61 Å². The third kappa shape index (κ3) is 4.29. The molecule has 1 fully saturated rings. The zero-order chi connectivity index (χ0) is 24.7. The summed E-state index contributed by atoms with van der Waals surface area (Å²) in [6.07, 6.45) is -5.83. The maximum absolute atomic E-state index is 12.6. The number of ether oxygens (including phenoxy) is 3. The number of rotatable bonds is 4. The van der Waals surface area contributed by atoms with E-state index in [9.17, 15) is 40.2 Å². The van der Waals surface area contributed by atoms with E-state index in [2.05, 4.69) is 0 Å². The van der Waals surface area contributed by atoms with Gasteiger partial charge >= 0.3 is 5.97 Å². The molecule has 0 spiro atoms. The molecule has 0 radical (unpaired) electrons. The Morgan fingerprint density at radius 1 is 1.00 bits per heavy atom. The van der Waals surface area contributed by atoms with E-state index in [1.165, 1.54) is 0 Å². The largest absolute Gasteiger partial charge is 0.508 e. The van der Waals surface area contributed by atoms with Crippen LogP contribution in [0, 0.1) is 0 Å². The fraction of sp³-hybridized carbons (Fsp3) is 0.273. The van der Waals surface area contributed by atoms with Gasteiger partial charge in [0, 0.05) is 31.2 Å². The summed E-state index contributed by atoms with van der Waals surface area (Å²) in [5.74, 6) is -3.24. The summed E-state index contributed by atoms with van der Waals surface area (Å²) in [5.41, 5.74) is -0.923. The molecule has 34 heavy (non-hydrogen) atoms. The molecule has 2 heterocycles. The second-order valence-electron chi connectivity index (χ2n) is 7.60. The predicted octanol–water partition coefficient (Wildman–Crippen LogP) is 0.671. The van der Waals surface area contributed by atoms with Crippen molar-refractivity contribution in [3.8, 4) is 40.1 Å². The Balaban J connectivity index is 1.77. The van der Waals surface area contributed by atoms with Gasteiger partial charge in [0.2, 0.25) is 6.29 Å². The van der Waals surface area contributed by atoms with E-state index in [4.69, 9.17) is 18.6 Å². The first kappa shape index (κ1) is 23.2. The number of fused-ring (bicyclic) bond motifs is 1. The third-order valence-electron chi connectivity index (χ3n) is 5.11. The monoisotopic (exact) mass is 476 g/mol. The van der Waals surface area contributed by atoms with Crippen LogP contribution in [0.2, 0.25) is 0 Å². The van der Waals surface area contributed by atoms with Gasteiger partial charge in [0.15, 0.2) is 29.1 Å². The van der Waals surface area contributed by atoms with Crippen LogP contribution in [-0.2, 0) is 14.3 Å². The predicted molar refractivity (Wildman–Crippen MR) is 113 cm³/mol. The Labute approximate surface area is 190 Å². The summed E-state index contributed by atoms with van der Waals surface area (Å²) >= 11 is 0. The maximum atomic E-state index is 12.6. The van der Waals surface area contributed by atoms with Crippen molar-refractivity contribution < 1.29 is 54.1 Å². The molecule has 12 nitrogen and oxygen atoms in total. The van der Waals surface area contributed by atoms with Gasteiger partial charge in [0.1, 0.15) is 40.1 Å². The van der Waals surface area contributed by atoms with Gasteiger partial charge in [-0.05, 0) is 6.07 Å². The normalized spacial score (nSPS) is 22.4. The van der Waals surface area contributed by atoms with E-state index in [1.807, 2.05) is 0 Å². The van der Waals surface area contributed by atoms with Crippen LogP contribution in [-0.4, -0.2) is 67.8 Å². The van der Waals surface area contributed by atoms with Crippen LogP contribution < -0.4 is 10.2 Å². The second kappa shape index (κ2) is 8.74. The molecule has 1 aliphatic rings. The third-order valence-corrected chi connectivity index (χ3v) is 5.11. The molecule has 12 heteroatoms. The molecular formula is C22H20O12. The number of hydrogen-bond donors (Lipinski definition) is 6. The minimum atomic E-state index is -1.64. The Bertz CT molecular complexity index is 1310. The van der Waals surface area contributed by atoms with Crippen LogP contribution in [0.15, 0.2) is 39.5 Å². The Hall–Kier alpha value is -4.00. The quantitative estimate of drug-likeness (QED) is 0.228. The second-order valence-corrected chi connectivity index (χ2v) is 7.60. The number of phenolic OH excluding ortho intramolecular Hbond substituents is 4. The van der Waals surface area contributed by atoms with Crippen molar-refractivity contribution in [2.45, 2.75) is 31.5 Å². The minimum absolute atomic E-state index is 0.0666. The van der Waals surface area contributed by atoms with E-state index >= 15 is 0 Å². The maximum Gasteiger partial charge on any atom is 0.303 e. The molecule has 0 saturated carbocycles. The fourth-order valence-electron chi connectivity index (χ4n) is 3.57. The first-order valence-corrected chi connectivity index (χ1v) is 9.93. The summed E-state index contributed by atoms with van der Waals surface area (Å²) in [7, 11) is 0. The van der Waals surface area contributed by atoms with E-state index in [-0.39, 0.29) is 40.4 Å². The van der Waals surface area contributed by atoms with Gasteiger partial charge in [-0.3, -0.25) is 9.59 Å². The van der Waals surface area contributed by atoms with Crippen LogP contribution in [0.1, 0.15) is 6.92 Å². The van der Waals surface area contributed by atoms with E-state index < -0.39 is 53.2 Å². The average Bonchev–Trinajstić information content (AvgIpc) is 2.74. The van der Waals surface area contributed by atoms with Crippen molar-refractivity contribution in [2.24, 2.45) is 0 Å². The van der Waals surface area contributed by atoms with Gasteiger partial charge in [-0.15, -0.1) is 0 Å². The van der Waals surface area contributed by atoms with Crippen molar-refractivity contribution in [1.82, 2.24) is 0 Å². The van der Waals surface area contributed by atoms with Crippen molar-refractivity contribution in [3.05, 3.63) is 40.6 Å². The van der Waals surface area contributed by atoms with Crippen LogP contribution in [0.4, 0.5) is 0 Å². The fourth-order valence-corrected chi connectivity index (χ4v) is 3.57.